The summed E-state index contributed by atoms with van der Waals surface area (Å²) in [5.41, 5.74) is 1.80. The van der Waals surface area contributed by atoms with Crippen LogP contribution in [0.3, 0.4) is 0 Å². The summed E-state index contributed by atoms with van der Waals surface area (Å²) in [5, 5.41) is 2.94. The van der Waals surface area contributed by atoms with Gasteiger partial charge in [0.15, 0.2) is 0 Å². The third kappa shape index (κ3) is 3.09. The highest BCUT2D eigenvalue weighted by Crippen LogP contribution is 2.34. The fourth-order valence-electron chi connectivity index (χ4n) is 2.80. The van der Waals surface area contributed by atoms with Crippen molar-refractivity contribution in [1.29, 1.82) is 0 Å². The minimum Gasteiger partial charge on any atom is -0.354 e. The number of aryl methyl sites for hydroxylation is 1. The zero-order valence-corrected chi connectivity index (χ0v) is 11.0. The molecule has 0 radical (unpaired) electrons. The highest BCUT2D eigenvalue weighted by atomic mass is 19.1. The number of rotatable bonds is 2. The van der Waals surface area contributed by atoms with E-state index in [4.69, 9.17) is 0 Å². The lowest BCUT2D eigenvalue weighted by atomic mass is 9.81. The van der Waals surface area contributed by atoms with Crippen LogP contribution in [0, 0.1) is 12.7 Å². The second kappa shape index (κ2) is 5.51. The Morgan fingerprint density at radius 1 is 1.28 bits per heavy atom. The molecule has 0 heterocycles. The van der Waals surface area contributed by atoms with E-state index in [0.717, 1.165) is 36.8 Å². The van der Waals surface area contributed by atoms with Crippen molar-refractivity contribution in [2.45, 2.75) is 51.5 Å². The Hall–Kier alpha value is -1.38. The lowest BCUT2D eigenvalue weighted by molar-refractivity contribution is -0.119. The average molecular weight is 249 g/mol. The Bertz CT molecular complexity index is 436. The second-order valence-electron chi connectivity index (χ2n) is 5.27. The van der Waals surface area contributed by atoms with Crippen LogP contribution in [-0.2, 0) is 4.79 Å². The molecule has 0 spiro atoms. The Kier molecular flexibility index (Phi) is 4.00. The molecule has 18 heavy (non-hydrogen) atoms. The summed E-state index contributed by atoms with van der Waals surface area (Å²) in [4.78, 5) is 11.0. The predicted octanol–water partition coefficient (Wildman–Crippen LogP) is 3.30. The lowest BCUT2D eigenvalue weighted by Gasteiger charge is -2.29. The molecular weight excluding hydrogens is 229 g/mol. The standard InChI is InChI=1S/C15H20FNO/c1-10-3-8-14(15(16)9-10)12-4-6-13(7-5-12)17-11(2)18/h3,8-9,12-13H,4-7H2,1-2H3,(H,17,18). The van der Waals surface area contributed by atoms with Crippen LogP contribution in [-0.4, -0.2) is 11.9 Å². The van der Waals surface area contributed by atoms with Crippen molar-refractivity contribution in [2.75, 3.05) is 0 Å². The monoisotopic (exact) mass is 249 g/mol. The van der Waals surface area contributed by atoms with Gasteiger partial charge in [-0.25, -0.2) is 4.39 Å². The van der Waals surface area contributed by atoms with Crippen molar-refractivity contribution in [3.63, 3.8) is 0 Å². The van der Waals surface area contributed by atoms with Gasteiger partial charge in [0.25, 0.3) is 0 Å². The van der Waals surface area contributed by atoms with Crippen LogP contribution in [0.25, 0.3) is 0 Å². The average Bonchev–Trinajstić information content (AvgIpc) is 2.30. The predicted molar refractivity (Wildman–Crippen MR) is 70.0 cm³/mol. The molecule has 0 bridgehead atoms. The van der Waals surface area contributed by atoms with Gasteiger partial charge < -0.3 is 5.32 Å². The van der Waals surface area contributed by atoms with Gasteiger partial charge in [0.2, 0.25) is 5.91 Å². The third-order valence-corrected chi connectivity index (χ3v) is 3.73. The first-order valence-electron chi connectivity index (χ1n) is 6.59. The summed E-state index contributed by atoms with van der Waals surface area (Å²) < 4.78 is 13.9. The Morgan fingerprint density at radius 3 is 2.50 bits per heavy atom. The molecule has 0 saturated heterocycles. The van der Waals surface area contributed by atoms with E-state index in [1.54, 1.807) is 13.0 Å². The van der Waals surface area contributed by atoms with Crippen LogP contribution in [0.4, 0.5) is 4.39 Å². The van der Waals surface area contributed by atoms with Crippen molar-refractivity contribution in [2.24, 2.45) is 0 Å². The van der Waals surface area contributed by atoms with E-state index in [1.165, 1.54) is 0 Å². The summed E-state index contributed by atoms with van der Waals surface area (Å²) in [6.07, 6.45) is 3.78. The fraction of sp³-hybridized carbons (Fsp3) is 0.533. The van der Waals surface area contributed by atoms with Gasteiger partial charge in [-0.2, -0.15) is 0 Å². The molecule has 0 aromatic heterocycles. The Balaban J connectivity index is 1.99. The number of halogens is 1. The molecule has 3 heteroatoms. The maximum absolute atomic E-state index is 13.9. The van der Waals surface area contributed by atoms with Crippen LogP contribution in [0.1, 0.15) is 49.7 Å². The van der Waals surface area contributed by atoms with E-state index < -0.39 is 0 Å². The lowest BCUT2D eigenvalue weighted by Crippen LogP contribution is -2.35. The maximum atomic E-state index is 13.9. The quantitative estimate of drug-likeness (QED) is 0.856. The highest BCUT2D eigenvalue weighted by Gasteiger charge is 2.24. The maximum Gasteiger partial charge on any atom is 0.217 e. The van der Waals surface area contributed by atoms with E-state index >= 15 is 0 Å². The molecule has 1 aromatic rings. The van der Waals surface area contributed by atoms with E-state index in [2.05, 4.69) is 5.32 Å². The number of nitrogens with one attached hydrogen (secondary N) is 1. The third-order valence-electron chi connectivity index (χ3n) is 3.73. The van der Waals surface area contributed by atoms with Gasteiger partial charge in [-0.1, -0.05) is 12.1 Å². The molecule has 1 aliphatic rings. The molecule has 0 unspecified atom stereocenters. The van der Waals surface area contributed by atoms with Crippen LogP contribution in [0.15, 0.2) is 18.2 Å². The molecule has 2 nitrogen and oxygen atoms in total. The van der Waals surface area contributed by atoms with Gasteiger partial charge in [0, 0.05) is 13.0 Å². The normalized spacial score (nSPS) is 23.7. The number of amides is 1. The van der Waals surface area contributed by atoms with E-state index in [9.17, 15) is 9.18 Å². The van der Waals surface area contributed by atoms with Crippen molar-refractivity contribution in [3.8, 4) is 0 Å². The highest BCUT2D eigenvalue weighted by molar-refractivity contribution is 5.73. The number of carbonyl (C=O) groups is 1. The first-order valence-corrected chi connectivity index (χ1v) is 6.59. The van der Waals surface area contributed by atoms with Crippen LogP contribution in [0.5, 0.6) is 0 Å². The molecule has 98 valence electrons. The first-order chi connectivity index (χ1) is 8.56. The summed E-state index contributed by atoms with van der Waals surface area (Å²) in [5.74, 6) is 0.244. The second-order valence-corrected chi connectivity index (χ2v) is 5.27. The van der Waals surface area contributed by atoms with Crippen molar-refractivity contribution >= 4 is 5.91 Å². The van der Waals surface area contributed by atoms with Gasteiger partial charge in [-0.15, -0.1) is 0 Å². The summed E-state index contributed by atoms with van der Waals surface area (Å²) in [7, 11) is 0. The molecule has 2 rings (SSSR count). The smallest absolute Gasteiger partial charge is 0.217 e. The zero-order chi connectivity index (χ0) is 13.1. The van der Waals surface area contributed by atoms with Gasteiger partial charge >= 0.3 is 0 Å². The minimum absolute atomic E-state index is 0.0277. The SMILES string of the molecule is CC(=O)NC1CCC(c2ccc(C)cc2F)CC1. The van der Waals surface area contributed by atoms with Gasteiger partial charge in [0.05, 0.1) is 0 Å². The largest absolute Gasteiger partial charge is 0.354 e. The van der Waals surface area contributed by atoms with E-state index in [-0.39, 0.29) is 17.8 Å². The van der Waals surface area contributed by atoms with E-state index in [0.29, 0.717) is 5.92 Å². The molecule has 1 aliphatic carbocycles. The topological polar surface area (TPSA) is 29.1 Å². The van der Waals surface area contributed by atoms with Gasteiger partial charge in [-0.3, -0.25) is 4.79 Å². The van der Waals surface area contributed by atoms with Crippen molar-refractivity contribution in [1.82, 2.24) is 5.32 Å². The summed E-state index contributed by atoms with van der Waals surface area (Å²) in [6.45, 7) is 3.45. The number of benzene rings is 1. The number of hydrogen-bond acceptors (Lipinski definition) is 1. The minimum atomic E-state index is -0.0852. The molecule has 0 aliphatic heterocycles. The van der Waals surface area contributed by atoms with E-state index in [1.807, 2.05) is 19.1 Å². The number of hydrogen-bond donors (Lipinski definition) is 1. The molecule has 1 saturated carbocycles. The van der Waals surface area contributed by atoms with Crippen molar-refractivity contribution in [3.05, 3.63) is 35.1 Å². The molecular formula is C15H20FNO. The first kappa shape index (κ1) is 13.1. The molecule has 0 atom stereocenters. The molecule has 1 aromatic carbocycles. The van der Waals surface area contributed by atoms with Gasteiger partial charge in [0.1, 0.15) is 5.82 Å². The van der Waals surface area contributed by atoms with Crippen LogP contribution in [0.2, 0.25) is 0 Å². The zero-order valence-electron chi connectivity index (χ0n) is 11.0. The molecule has 1 N–H and O–H groups in total. The van der Waals surface area contributed by atoms with Gasteiger partial charge in [-0.05, 0) is 55.7 Å². The van der Waals surface area contributed by atoms with Crippen LogP contribution >= 0.6 is 0 Å². The summed E-state index contributed by atoms with van der Waals surface area (Å²) >= 11 is 0. The molecule has 1 fully saturated rings. The Labute approximate surface area is 108 Å². The molecule has 1 amide bonds. The van der Waals surface area contributed by atoms with Crippen LogP contribution < -0.4 is 5.32 Å². The fourth-order valence-corrected chi connectivity index (χ4v) is 2.80. The Morgan fingerprint density at radius 2 is 1.94 bits per heavy atom. The number of carbonyl (C=O) groups excluding carboxylic acids is 1. The van der Waals surface area contributed by atoms with Crippen molar-refractivity contribution < 1.29 is 9.18 Å². The summed E-state index contributed by atoms with van der Waals surface area (Å²) in [6, 6.07) is 5.76.